The first-order valence-electron chi connectivity index (χ1n) is 6.65. The molecular weight excluding hydrogens is 234 g/mol. The number of rotatable bonds is 7. The second kappa shape index (κ2) is 7.98. The molecule has 0 bridgehead atoms. The quantitative estimate of drug-likeness (QED) is 0.713. The number of carbonyl (C=O) groups is 1. The number of hydrogen-bond acceptors (Lipinski definition) is 3. The molecule has 17 heavy (non-hydrogen) atoms. The summed E-state index contributed by atoms with van der Waals surface area (Å²) in [6.07, 6.45) is 2.75. The molecule has 0 radical (unpaired) electrons. The first kappa shape index (κ1) is 14.8. The summed E-state index contributed by atoms with van der Waals surface area (Å²) in [6.45, 7) is 7.73. The summed E-state index contributed by atoms with van der Waals surface area (Å²) in [5, 5.41) is 8.84. The number of thioether (sulfide) groups is 1. The molecule has 1 N–H and O–H groups in total. The molecule has 0 aliphatic carbocycles. The zero-order valence-electron chi connectivity index (χ0n) is 11.0. The van der Waals surface area contributed by atoms with Gasteiger partial charge in [-0.3, -0.25) is 4.79 Å². The van der Waals surface area contributed by atoms with Crippen LogP contribution in [-0.2, 0) is 4.79 Å². The molecule has 0 aromatic heterocycles. The molecule has 1 rings (SSSR count). The van der Waals surface area contributed by atoms with E-state index in [0.717, 1.165) is 13.1 Å². The fraction of sp³-hybridized carbons (Fsp3) is 0.923. The number of piperidine rings is 1. The van der Waals surface area contributed by atoms with E-state index in [2.05, 4.69) is 18.7 Å². The summed E-state index contributed by atoms with van der Waals surface area (Å²) in [6, 6.07) is 0. The molecule has 1 fully saturated rings. The molecule has 1 aliphatic rings. The molecule has 1 heterocycles. The van der Waals surface area contributed by atoms with Crippen LogP contribution >= 0.6 is 11.8 Å². The van der Waals surface area contributed by atoms with Crippen molar-refractivity contribution in [3.05, 3.63) is 0 Å². The van der Waals surface area contributed by atoms with Crippen molar-refractivity contribution in [3.63, 3.8) is 0 Å². The molecular formula is C13H25NO2S. The van der Waals surface area contributed by atoms with E-state index in [4.69, 9.17) is 5.11 Å². The Bertz CT molecular complexity index is 235. The highest BCUT2D eigenvalue weighted by atomic mass is 32.2. The first-order valence-corrected chi connectivity index (χ1v) is 7.80. The Balaban J connectivity index is 2.29. The topological polar surface area (TPSA) is 40.5 Å². The normalized spacial score (nSPS) is 23.5. The number of aliphatic carboxylic acids is 1. The minimum atomic E-state index is -0.656. The number of nitrogens with zero attached hydrogens (tertiary/aromatic N) is 1. The molecule has 0 saturated carbocycles. The highest BCUT2D eigenvalue weighted by Gasteiger charge is 2.25. The molecule has 100 valence electrons. The van der Waals surface area contributed by atoms with Gasteiger partial charge in [-0.15, -0.1) is 0 Å². The lowest BCUT2D eigenvalue weighted by Crippen LogP contribution is -2.39. The van der Waals surface area contributed by atoms with Gasteiger partial charge in [-0.2, -0.15) is 11.8 Å². The van der Waals surface area contributed by atoms with E-state index in [1.165, 1.54) is 30.9 Å². The van der Waals surface area contributed by atoms with Crippen LogP contribution in [0.1, 0.15) is 33.1 Å². The Morgan fingerprint density at radius 3 is 3.00 bits per heavy atom. The monoisotopic (exact) mass is 259 g/mol. The van der Waals surface area contributed by atoms with Gasteiger partial charge in [0.25, 0.3) is 0 Å². The van der Waals surface area contributed by atoms with Crippen molar-refractivity contribution >= 4 is 17.7 Å². The average molecular weight is 259 g/mol. The standard InChI is InChI=1S/C13H25NO2S/c1-3-17-8-7-14-6-4-5-12(10-14)11(2)9-13(15)16/h11-12H,3-10H2,1-2H3,(H,15,16). The summed E-state index contributed by atoms with van der Waals surface area (Å²) >= 11 is 1.99. The van der Waals surface area contributed by atoms with Crippen LogP contribution in [0.15, 0.2) is 0 Å². The van der Waals surface area contributed by atoms with Crippen molar-refractivity contribution < 1.29 is 9.90 Å². The van der Waals surface area contributed by atoms with Gasteiger partial charge in [-0.1, -0.05) is 13.8 Å². The molecule has 2 atom stereocenters. The summed E-state index contributed by atoms with van der Waals surface area (Å²) in [5.41, 5.74) is 0. The minimum Gasteiger partial charge on any atom is -0.481 e. The molecule has 4 heteroatoms. The van der Waals surface area contributed by atoms with Gasteiger partial charge in [0.05, 0.1) is 0 Å². The third-order valence-corrected chi connectivity index (χ3v) is 4.48. The van der Waals surface area contributed by atoms with Crippen LogP contribution in [0.3, 0.4) is 0 Å². The van der Waals surface area contributed by atoms with E-state index in [9.17, 15) is 4.79 Å². The highest BCUT2D eigenvalue weighted by Crippen LogP contribution is 2.26. The van der Waals surface area contributed by atoms with Gasteiger partial charge < -0.3 is 10.0 Å². The zero-order valence-corrected chi connectivity index (χ0v) is 11.8. The molecule has 3 nitrogen and oxygen atoms in total. The van der Waals surface area contributed by atoms with Crippen LogP contribution in [0.4, 0.5) is 0 Å². The molecule has 1 saturated heterocycles. The second-order valence-corrected chi connectivity index (χ2v) is 6.37. The summed E-state index contributed by atoms with van der Waals surface area (Å²) in [7, 11) is 0. The van der Waals surface area contributed by atoms with Gasteiger partial charge in [0.2, 0.25) is 0 Å². The predicted octanol–water partition coefficient (Wildman–Crippen LogP) is 2.56. The van der Waals surface area contributed by atoms with Crippen molar-refractivity contribution in [1.29, 1.82) is 0 Å². The first-order chi connectivity index (χ1) is 8.13. The molecule has 0 amide bonds. The summed E-state index contributed by atoms with van der Waals surface area (Å²) in [5.74, 6) is 2.63. The third kappa shape index (κ3) is 5.77. The fourth-order valence-electron chi connectivity index (χ4n) is 2.54. The maximum absolute atomic E-state index is 10.7. The van der Waals surface area contributed by atoms with Gasteiger partial charge >= 0.3 is 5.97 Å². The Kier molecular flexibility index (Phi) is 6.97. The second-order valence-electron chi connectivity index (χ2n) is 4.97. The maximum Gasteiger partial charge on any atom is 0.303 e. The molecule has 0 spiro atoms. The summed E-state index contributed by atoms with van der Waals surface area (Å²) in [4.78, 5) is 13.2. The van der Waals surface area contributed by atoms with E-state index in [1.807, 2.05) is 11.8 Å². The van der Waals surface area contributed by atoms with Crippen LogP contribution in [0, 0.1) is 11.8 Å². The van der Waals surface area contributed by atoms with E-state index in [0.29, 0.717) is 18.3 Å². The Hall–Kier alpha value is -0.220. The highest BCUT2D eigenvalue weighted by molar-refractivity contribution is 7.99. The smallest absolute Gasteiger partial charge is 0.303 e. The van der Waals surface area contributed by atoms with E-state index >= 15 is 0 Å². The predicted molar refractivity (Wildman–Crippen MR) is 73.6 cm³/mol. The number of carboxylic acids is 1. The Labute approximate surface area is 109 Å². The van der Waals surface area contributed by atoms with Gasteiger partial charge in [0, 0.05) is 25.3 Å². The fourth-order valence-corrected chi connectivity index (χ4v) is 3.21. The maximum atomic E-state index is 10.7. The van der Waals surface area contributed by atoms with Gasteiger partial charge in [0.15, 0.2) is 0 Å². The molecule has 2 unspecified atom stereocenters. The van der Waals surface area contributed by atoms with E-state index in [-0.39, 0.29) is 0 Å². The molecule has 0 aromatic carbocycles. The van der Waals surface area contributed by atoms with Crippen LogP contribution < -0.4 is 0 Å². The Morgan fingerprint density at radius 1 is 1.59 bits per heavy atom. The van der Waals surface area contributed by atoms with Crippen molar-refractivity contribution in [3.8, 4) is 0 Å². The van der Waals surface area contributed by atoms with E-state index in [1.54, 1.807) is 0 Å². The third-order valence-electron chi connectivity index (χ3n) is 3.60. The average Bonchev–Trinajstić information content (AvgIpc) is 2.29. The number of hydrogen-bond donors (Lipinski definition) is 1. The largest absolute Gasteiger partial charge is 0.481 e. The van der Waals surface area contributed by atoms with Gasteiger partial charge in [-0.05, 0) is 37.0 Å². The Morgan fingerprint density at radius 2 is 2.35 bits per heavy atom. The lowest BCUT2D eigenvalue weighted by Gasteiger charge is -2.35. The molecule has 1 aliphatic heterocycles. The van der Waals surface area contributed by atoms with Crippen LogP contribution in [0.5, 0.6) is 0 Å². The van der Waals surface area contributed by atoms with Crippen molar-refractivity contribution in [2.45, 2.75) is 33.1 Å². The summed E-state index contributed by atoms with van der Waals surface area (Å²) < 4.78 is 0. The number of carboxylic acid groups (broad SMARTS) is 1. The lowest BCUT2D eigenvalue weighted by molar-refractivity contribution is -0.138. The zero-order chi connectivity index (χ0) is 12.7. The van der Waals surface area contributed by atoms with Crippen molar-refractivity contribution in [2.24, 2.45) is 11.8 Å². The number of likely N-dealkylation sites (tertiary alicyclic amines) is 1. The van der Waals surface area contributed by atoms with E-state index < -0.39 is 5.97 Å². The SMILES string of the molecule is CCSCCN1CCCC(C(C)CC(=O)O)C1. The van der Waals surface area contributed by atoms with Crippen molar-refractivity contribution in [1.82, 2.24) is 4.90 Å². The van der Waals surface area contributed by atoms with Crippen LogP contribution in [0.2, 0.25) is 0 Å². The lowest BCUT2D eigenvalue weighted by atomic mass is 9.85. The molecule has 0 aromatic rings. The van der Waals surface area contributed by atoms with Crippen LogP contribution in [0.25, 0.3) is 0 Å². The van der Waals surface area contributed by atoms with Gasteiger partial charge in [-0.25, -0.2) is 0 Å². The van der Waals surface area contributed by atoms with Gasteiger partial charge in [0.1, 0.15) is 0 Å². The van der Waals surface area contributed by atoms with Crippen molar-refractivity contribution in [2.75, 3.05) is 31.1 Å². The minimum absolute atomic E-state index is 0.314. The van der Waals surface area contributed by atoms with Crippen LogP contribution in [-0.4, -0.2) is 47.1 Å².